The van der Waals surface area contributed by atoms with Crippen molar-refractivity contribution in [1.82, 2.24) is 9.88 Å². The first-order valence-corrected chi connectivity index (χ1v) is 7.73. The van der Waals surface area contributed by atoms with Crippen LogP contribution in [0, 0.1) is 5.92 Å². The van der Waals surface area contributed by atoms with Crippen LogP contribution >= 0.6 is 36.2 Å². The zero-order valence-corrected chi connectivity index (χ0v) is 15.6. The Labute approximate surface area is 144 Å². The molecule has 1 atom stereocenters. The van der Waals surface area contributed by atoms with Gasteiger partial charge in [-0.25, -0.2) is 4.98 Å². The van der Waals surface area contributed by atoms with Gasteiger partial charge in [-0.2, -0.15) is 0 Å². The number of aromatic nitrogens is 1. The molecule has 1 rings (SSSR count). The Morgan fingerprint density at radius 2 is 2.05 bits per heavy atom. The number of carbonyl (C=O) groups excluding carboxylic acids is 1. The number of carbonyl (C=O) groups is 1. The zero-order chi connectivity index (χ0) is 14.4. The second-order valence-electron chi connectivity index (χ2n) is 5.29. The van der Waals surface area contributed by atoms with Crippen LogP contribution in [0.3, 0.4) is 0 Å². The molecule has 0 bridgehead atoms. The van der Waals surface area contributed by atoms with Crippen LogP contribution in [0.25, 0.3) is 0 Å². The van der Waals surface area contributed by atoms with Crippen LogP contribution in [0.1, 0.15) is 48.3 Å². The van der Waals surface area contributed by atoms with Crippen LogP contribution in [0.4, 0.5) is 0 Å². The minimum absolute atomic E-state index is 0. The summed E-state index contributed by atoms with van der Waals surface area (Å²) < 4.78 is 0. The van der Waals surface area contributed by atoms with Crippen LogP contribution in [0.2, 0.25) is 0 Å². The van der Waals surface area contributed by atoms with E-state index in [1.807, 2.05) is 7.05 Å². The highest BCUT2D eigenvalue weighted by atomic mass is 35.5. The van der Waals surface area contributed by atoms with Crippen molar-refractivity contribution in [3.05, 3.63) is 16.1 Å². The summed E-state index contributed by atoms with van der Waals surface area (Å²) in [6, 6.07) is 0.146. The molecule has 124 valence electrons. The monoisotopic (exact) mass is 355 g/mol. The summed E-state index contributed by atoms with van der Waals surface area (Å²) in [4.78, 5) is 18.9. The Hall–Kier alpha value is -0.360. The van der Waals surface area contributed by atoms with Crippen LogP contribution < -0.4 is 5.73 Å². The standard InChI is InChI=1S/C14H25N3OS.2ClH/c1-5-6-13-16-9-12(19-13)14(18)17(4)8-7-11(15)10(2)3;;/h9-11H,5-8,15H2,1-4H3;2*1H. The molecule has 0 aliphatic rings. The third-order valence-electron chi connectivity index (χ3n) is 3.23. The fraction of sp³-hybridized carbons (Fsp3) is 0.714. The average molecular weight is 356 g/mol. The third-order valence-corrected chi connectivity index (χ3v) is 4.27. The third kappa shape index (κ3) is 7.45. The van der Waals surface area contributed by atoms with Crippen molar-refractivity contribution in [1.29, 1.82) is 0 Å². The van der Waals surface area contributed by atoms with Gasteiger partial charge < -0.3 is 10.6 Å². The van der Waals surface area contributed by atoms with Crippen molar-refractivity contribution in [3.63, 3.8) is 0 Å². The van der Waals surface area contributed by atoms with Crippen molar-refractivity contribution >= 4 is 42.1 Å². The van der Waals surface area contributed by atoms with Gasteiger partial charge in [0.2, 0.25) is 0 Å². The maximum atomic E-state index is 12.2. The number of aryl methyl sites for hydroxylation is 1. The van der Waals surface area contributed by atoms with Gasteiger partial charge in [-0.1, -0.05) is 20.8 Å². The number of nitrogens with zero attached hydrogens (tertiary/aromatic N) is 2. The Kier molecular flexibility index (Phi) is 12.3. The molecule has 0 radical (unpaired) electrons. The number of amides is 1. The molecule has 1 unspecified atom stereocenters. The van der Waals surface area contributed by atoms with E-state index in [-0.39, 0.29) is 36.8 Å². The maximum absolute atomic E-state index is 12.2. The predicted octanol–water partition coefficient (Wildman–Crippen LogP) is 3.38. The lowest BCUT2D eigenvalue weighted by Crippen LogP contribution is -2.34. The van der Waals surface area contributed by atoms with Crippen LogP contribution in [0.5, 0.6) is 0 Å². The number of hydrogen-bond donors (Lipinski definition) is 1. The summed E-state index contributed by atoms with van der Waals surface area (Å²) in [6.07, 6.45) is 4.53. The lowest BCUT2D eigenvalue weighted by Gasteiger charge is -2.20. The largest absolute Gasteiger partial charge is 0.341 e. The summed E-state index contributed by atoms with van der Waals surface area (Å²) in [6.45, 7) is 7.01. The van der Waals surface area contributed by atoms with Crippen molar-refractivity contribution in [3.8, 4) is 0 Å². The minimum atomic E-state index is 0. The highest BCUT2D eigenvalue weighted by Crippen LogP contribution is 2.16. The Bertz CT molecular complexity index is 413. The number of hydrogen-bond acceptors (Lipinski definition) is 4. The number of thiazole rings is 1. The summed E-state index contributed by atoms with van der Waals surface area (Å²) in [5, 5.41) is 1.04. The molecule has 1 heterocycles. The number of nitrogens with two attached hydrogens (primary N) is 1. The van der Waals surface area contributed by atoms with Crippen LogP contribution in [-0.4, -0.2) is 35.4 Å². The second kappa shape index (κ2) is 11.2. The number of rotatable bonds is 7. The molecule has 0 saturated carbocycles. The molecule has 0 spiro atoms. The molecule has 7 heteroatoms. The maximum Gasteiger partial charge on any atom is 0.265 e. The molecule has 0 fully saturated rings. The molecule has 2 N–H and O–H groups in total. The lowest BCUT2D eigenvalue weighted by molar-refractivity contribution is 0.0793. The van der Waals surface area contributed by atoms with Crippen molar-refractivity contribution in [2.75, 3.05) is 13.6 Å². The number of halogens is 2. The fourth-order valence-electron chi connectivity index (χ4n) is 1.70. The predicted molar refractivity (Wildman–Crippen MR) is 95.0 cm³/mol. The summed E-state index contributed by atoms with van der Waals surface area (Å²) >= 11 is 1.50. The molecule has 21 heavy (non-hydrogen) atoms. The van der Waals surface area contributed by atoms with Gasteiger partial charge >= 0.3 is 0 Å². The Balaban J connectivity index is 0. The van der Waals surface area contributed by atoms with Gasteiger partial charge in [0.05, 0.1) is 11.2 Å². The molecule has 0 aliphatic heterocycles. The quantitative estimate of drug-likeness (QED) is 0.815. The van der Waals surface area contributed by atoms with E-state index in [1.165, 1.54) is 11.3 Å². The van der Waals surface area contributed by atoms with E-state index in [2.05, 4.69) is 25.8 Å². The van der Waals surface area contributed by atoms with Crippen molar-refractivity contribution < 1.29 is 4.79 Å². The Morgan fingerprint density at radius 1 is 1.43 bits per heavy atom. The van der Waals surface area contributed by atoms with E-state index in [0.29, 0.717) is 12.5 Å². The molecule has 0 aromatic carbocycles. The highest BCUT2D eigenvalue weighted by molar-refractivity contribution is 7.13. The van der Waals surface area contributed by atoms with Crippen molar-refractivity contribution in [2.24, 2.45) is 11.7 Å². The fourth-order valence-corrected chi connectivity index (χ4v) is 2.72. The van der Waals surface area contributed by atoms with E-state index in [0.717, 1.165) is 29.1 Å². The molecule has 4 nitrogen and oxygen atoms in total. The molecule has 0 saturated heterocycles. The molecule has 1 amide bonds. The smallest absolute Gasteiger partial charge is 0.265 e. The van der Waals surface area contributed by atoms with Crippen LogP contribution in [0.15, 0.2) is 6.20 Å². The van der Waals surface area contributed by atoms with E-state index >= 15 is 0 Å². The Morgan fingerprint density at radius 3 is 2.57 bits per heavy atom. The summed E-state index contributed by atoms with van der Waals surface area (Å²) in [5.74, 6) is 0.499. The normalized spacial score (nSPS) is 11.5. The van der Waals surface area contributed by atoms with Gasteiger partial charge in [0, 0.05) is 19.6 Å². The van der Waals surface area contributed by atoms with E-state index in [9.17, 15) is 4.79 Å². The van der Waals surface area contributed by atoms with E-state index in [4.69, 9.17) is 5.73 Å². The topological polar surface area (TPSA) is 59.2 Å². The molecule has 1 aromatic heterocycles. The first-order valence-electron chi connectivity index (χ1n) is 6.91. The lowest BCUT2D eigenvalue weighted by atomic mass is 10.0. The minimum Gasteiger partial charge on any atom is -0.341 e. The first kappa shape index (κ1) is 22.9. The highest BCUT2D eigenvalue weighted by Gasteiger charge is 2.16. The van der Waals surface area contributed by atoms with Gasteiger partial charge in [-0.3, -0.25) is 4.79 Å². The van der Waals surface area contributed by atoms with Gasteiger partial charge in [-0.15, -0.1) is 36.2 Å². The van der Waals surface area contributed by atoms with Gasteiger partial charge in [0.25, 0.3) is 5.91 Å². The first-order chi connectivity index (χ1) is 8.95. The van der Waals surface area contributed by atoms with E-state index in [1.54, 1.807) is 11.1 Å². The van der Waals surface area contributed by atoms with Crippen LogP contribution in [-0.2, 0) is 6.42 Å². The van der Waals surface area contributed by atoms with Gasteiger partial charge in [0.15, 0.2) is 0 Å². The molecular formula is C14H27Cl2N3OS. The SMILES string of the molecule is CCCc1ncc(C(=O)N(C)CCC(N)C(C)C)s1.Cl.Cl. The van der Waals surface area contributed by atoms with Gasteiger partial charge in [0.1, 0.15) is 4.88 Å². The summed E-state index contributed by atoms with van der Waals surface area (Å²) in [7, 11) is 1.83. The van der Waals surface area contributed by atoms with Crippen molar-refractivity contribution in [2.45, 2.75) is 46.1 Å². The average Bonchev–Trinajstić information content (AvgIpc) is 2.83. The molecular weight excluding hydrogens is 329 g/mol. The summed E-state index contributed by atoms with van der Waals surface area (Å²) in [5.41, 5.74) is 6.00. The second-order valence-corrected chi connectivity index (χ2v) is 6.41. The van der Waals surface area contributed by atoms with Gasteiger partial charge in [-0.05, 0) is 25.2 Å². The molecule has 1 aromatic rings. The zero-order valence-electron chi connectivity index (χ0n) is 13.2. The van der Waals surface area contributed by atoms with E-state index < -0.39 is 0 Å². The molecule has 0 aliphatic carbocycles.